The van der Waals surface area contributed by atoms with E-state index in [2.05, 4.69) is 0 Å². The lowest BCUT2D eigenvalue weighted by Gasteiger charge is -2.34. The van der Waals surface area contributed by atoms with Crippen molar-refractivity contribution in [1.82, 2.24) is 9.88 Å². The van der Waals surface area contributed by atoms with Crippen LogP contribution < -0.4 is 0 Å². The van der Waals surface area contributed by atoms with Gasteiger partial charge in [0.1, 0.15) is 0 Å². The molecule has 0 bridgehead atoms. The summed E-state index contributed by atoms with van der Waals surface area (Å²) >= 11 is 6.09. The molecule has 0 unspecified atom stereocenters. The predicted molar refractivity (Wildman–Crippen MR) is 101 cm³/mol. The number of aromatic nitrogens is 1. The maximum absolute atomic E-state index is 13.0. The smallest absolute Gasteiger partial charge is 0.256 e. The maximum atomic E-state index is 13.0. The first-order valence-corrected chi connectivity index (χ1v) is 9.63. The van der Waals surface area contributed by atoms with Gasteiger partial charge in [-0.15, -0.1) is 0 Å². The number of nitrogens with zero attached hydrogens (tertiary/aromatic N) is 2. The summed E-state index contributed by atoms with van der Waals surface area (Å²) in [5.41, 5.74) is 4.62. The highest BCUT2D eigenvalue weighted by atomic mass is 35.5. The number of rotatable bonds is 3. The van der Waals surface area contributed by atoms with E-state index >= 15 is 0 Å². The molecule has 0 radical (unpaired) electrons. The highest BCUT2D eigenvalue weighted by Crippen LogP contribution is 2.31. The fourth-order valence-electron chi connectivity index (χ4n) is 4.16. The SMILES string of the molecule is Cc1nc2c(cc1Cc1cccc(Cl)c1)C(=O)N([C@H]1CCCC[C@@H]1O)C2. The van der Waals surface area contributed by atoms with E-state index in [-0.39, 0.29) is 11.9 Å². The summed E-state index contributed by atoms with van der Waals surface area (Å²) in [7, 11) is 0. The van der Waals surface area contributed by atoms with Crippen molar-refractivity contribution < 1.29 is 9.90 Å². The normalized spacial score (nSPS) is 22.6. The first-order valence-electron chi connectivity index (χ1n) is 9.26. The van der Waals surface area contributed by atoms with E-state index in [9.17, 15) is 9.90 Å². The van der Waals surface area contributed by atoms with Crippen molar-refractivity contribution in [3.8, 4) is 0 Å². The number of hydrogen-bond acceptors (Lipinski definition) is 3. The molecule has 1 amide bonds. The first kappa shape index (κ1) is 17.5. The van der Waals surface area contributed by atoms with Gasteiger partial charge in [0, 0.05) is 10.7 Å². The number of pyridine rings is 1. The number of carbonyl (C=O) groups excluding carboxylic acids is 1. The molecule has 1 saturated carbocycles. The molecule has 1 aliphatic heterocycles. The highest BCUT2D eigenvalue weighted by molar-refractivity contribution is 6.30. The van der Waals surface area contributed by atoms with E-state index in [0.717, 1.165) is 48.2 Å². The van der Waals surface area contributed by atoms with Crippen LogP contribution in [0.15, 0.2) is 30.3 Å². The van der Waals surface area contributed by atoms with Gasteiger partial charge < -0.3 is 10.0 Å². The molecule has 0 spiro atoms. The van der Waals surface area contributed by atoms with E-state index in [0.29, 0.717) is 23.6 Å². The summed E-state index contributed by atoms with van der Waals surface area (Å²) in [6.45, 7) is 2.50. The Morgan fingerprint density at radius 3 is 2.85 bits per heavy atom. The van der Waals surface area contributed by atoms with Crippen LogP contribution in [0.5, 0.6) is 0 Å². The van der Waals surface area contributed by atoms with Crippen LogP contribution >= 0.6 is 11.6 Å². The van der Waals surface area contributed by atoms with Gasteiger partial charge in [0.2, 0.25) is 0 Å². The summed E-state index contributed by atoms with van der Waals surface area (Å²) in [5, 5.41) is 11.0. The number of hydrogen-bond donors (Lipinski definition) is 1. The highest BCUT2D eigenvalue weighted by Gasteiger charge is 2.38. The molecule has 2 aliphatic rings. The second-order valence-electron chi connectivity index (χ2n) is 7.39. The Morgan fingerprint density at radius 1 is 1.27 bits per heavy atom. The van der Waals surface area contributed by atoms with Crippen molar-refractivity contribution >= 4 is 17.5 Å². The van der Waals surface area contributed by atoms with Crippen LogP contribution in [0, 0.1) is 6.92 Å². The summed E-state index contributed by atoms with van der Waals surface area (Å²) < 4.78 is 0. The topological polar surface area (TPSA) is 53.4 Å². The van der Waals surface area contributed by atoms with E-state index in [1.54, 1.807) is 0 Å². The molecule has 0 saturated heterocycles. The van der Waals surface area contributed by atoms with Gasteiger partial charge in [-0.25, -0.2) is 0 Å². The molecule has 2 heterocycles. The molecule has 1 aromatic heterocycles. The molecule has 4 nitrogen and oxygen atoms in total. The third-order valence-electron chi connectivity index (χ3n) is 5.59. The van der Waals surface area contributed by atoms with Crippen molar-refractivity contribution in [3.05, 3.63) is 63.4 Å². The van der Waals surface area contributed by atoms with Gasteiger partial charge in [-0.05, 0) is 55.5 Å². The second-order valence-corrected chi connectivity index (χ2v) is 7.82. The zero-order valence-corrected chi connectivity index (χ0v) is 15.7. The Hall–Kier alpha value is -1.91. The van der Waals surface area contributed by atoms with E-state index in [1.807, 2.05) is 42.2 Å². The fraction of sp³-hybridized carbons (Fsp3) is 0.429. The molecule has 1 aliphatic carbocycles. The van der Waals surface area contributed by atoms with E-state index < -0.39 is 6.10 Å². The largest absolute Gasteiger partial charge is 0.391 e. The number of carbonyl (C=O) groups is 1. The van der Waals surface area contributed by atoms with Gasteiger partial charge in [0.15, 0.2) is 0 Å². The lowest BCUT2D eigenvalue weighted by molar-refractivity contribution is 0.0189. The minimum Gasteiger partial charge on any atom is -0.391 e. The summed E-state index contributed by atoms with van der Waals surface area (Å²) in [4.78, 5) is 19.5. The van der Waals surface area contributed by atoms with Crippen molar-refractivity contribution in [2.24, 2.45) is 0 Å². The molecule has 5 heteroatoms. The molecule has 136 valence electrons. The van der Waals surface area contributed by atoms with Crippen LogP contribution in [0.2, 0.25) is 5.02 Å². The summed E-state index contributed by atoms with van der Waals surface area (Å²) in [6, 6.07) is 9.67. The van der Waals surface area contributed by atoms with Gasteiger partial charge >= 0.3 is 0 Å². The Balaban J connectivity index is 1.61. The number of benzene rings is 1. The number of aryl methyl sites for hydroxylation is 1. The van der Waals surface area contributed by atoms with Crippen molar-refractivity contribution in [2.45, 2.75) is 57.7 Å². The van der Waals surface area contributed by atoms with Crippen molar-refractivity contribution in [1.29, 1.82) is 0 Å². The molecule has 2 aromatic rings. The standard InChI is InChI=1S/C21H23ClN2O2/c1-13-15(9-14-5-4-6-16(22)10-14)11-17-18(23-13)12-24(21(17)26)19-7-2-3-8-20(19)25/h4-6,10-11,19-20,25H,2-3,7-9,12H2,1H3/t19-,20-/m0/s1. The minimum atomic E-state index is -0.422. The third kappa shape index (κ3) is 3.24. The second kappa shape index (κ2) is 7.01. The zero-order chi connectivity index (χ0) is 18.3. The monoisotopic (exact) mass is 370 g/mol. The van der Waals surface area contributed by atoms with Crippen LogP contribution in [0.25, 0.3) is 0 Å². The quantitative estimate of drug-likeness (QED) is 0.891. The summed E-state index contributed by atoms with van der Waals surface area (Å²) in [6.07, 6.45) is 4.02. The van der Waals surface area contributed by atoms with Crippen molar-refractivity contribution in [2.75, 3.05) is 0 Å². The lowest BCUT2D eigenvalue weighted by atomic mass is 9.91. The number of fused-ring (bicyclic) bond motifs is 1. The van der Waals surface area contributed by atoms with Crippen LogP contribution in [-0.2, 0) is 13.0 Å². The molecule has 1 N–H and O–H groups in total. The third-order valence-corrected chi connectivity index (χ3v) is 5.82. The van der Waals surface area contributed by atoms with Crippen LogP contribution in [0.4, 0.5) is 0 Å². The Bertz CT molecular complexity index is 852. The van der Waals surface area contributed by atoms with E-state index in [1.165, 1.54) is 0 Å². The number of halogens is 1. The van der Waals surface area contributed by atoms with Crippen molar-refractivity contribution in [3.63, 3.8) is 0 Å². The van der Waals surface area contributed by atoms with Gasteiger partial charge in [-0.1, -0.05) is 36.6 Å². The van der Waals surface area contributed by atoms with Gasteiger partial charge in [-0.3, -0.25) is 9.78 Å². The van der Waals surface area contributed by atoms with Crippen LogP contribution in [-0.4, -0.2) is 33.0 Å². The average Bonchev–Trinajstić information content (AvgIpc) is 2.92. The van der Waals surface area contributed by atoms with Crippen LogP contribution in [0.3, 0.4) is 0 Å². The molecule has 1 fully saturated rings. The Morgan fingerprint density at radius 2 is 2.08 bits per heavy atom. The first-order chi connectivity index (χ1) is 12.5. The van der Waals surface area contributed by atoms with Gasteiger partial charge in [0.05, 0.1) is 29.9 Å². The van der Waals surface area contributed by atoms with E-state index in [4.69, 9.17) is 16.6 Å². The predicted octanol–water partition coefficient (Wildman–Crippen LogP) is 3.89. The number of aliphatic hydroxyl groups excluding tert-OH is 1. The molecule has 2 atom stereocenters. The molecular weight excluding hydrogens is 348 g/mol. The Kier molecular flexibility index (Phi) is 4.72. The van der Waals surface area contributed by atoms with Crippen LogP contribution in [0.1, 0.15) is 58.6 Å². The zero-order valence-electron chi connectivity index (χ0n) is 14.9. The average molecular weight is 371 g/mol. The molecule has 1 aromatic carbocycles. The summed E-state index contributed by atoms with van der Waals surface area (Å²) in [5.74, 6) is 0.00536. The Labute approximate surface area is 158 Å². The molecule has 4 rings (SSSR count). The number of aliphatic hydroxyl groups is 1. The molecule has 26 heavy (non-hydrogen) atoms. The maximum Gasteiger partial charge on any atom is 0.256 e. The van der Waals surface area contributed by atoms with Gasteiger partial charge in [-0.2, -0.15) is 0 Å². The van der Waals surface area contributed by atoms with Gasteiger partial charge in [0.25, 0.3) is 5.91 Å². The lowest BCUT2D eigenvalue weighted by Crippen LogP contribution is -2.45. The number of amides is 1. The fourth-order valence-corrected chi connectivity index (χ4v) is 4.37. The molecular formula is C21H23ClN2O2. The minimum absolute atomic E-state index is 0.00536.